The number of benzene rings is 3. The minimum absolute atomic E-state index is 0.215. The Morgan fingerprint density at radius 3 is 1.54 bits per heavy atom. The number of aliphatic hydroxyl groups excluding tert-OH is 2. The van der Waals surface area contributed by atoms with Crippen molar-refractivity contribution in [3.05, 3.63) is 65.2 Å². The van der Waals surface area contributed by atoms with E-state index < -0.39 is 12.2 Å². The molecule has 0 saturated carbocycles. The maximum atomic E-state index is 10.6. The van der Waals surface area contributed by atoms with Crippen LogP contribution < -0.4 is 9.47 Å². The minimum Gasteiger partial charge on any atom is -0.491 e. The summed E-state index contributed by atoms with van der Waals surface area (Å²) >= 11 is 17.0. The Hall–Kier alpha value is -0.0200. The van der Waals surface area contributed by atoms with E-state index in [0.29, 0.717) is 23.0 Å². The molecule has 0 aromatic heterocycles. The van der Waals surface area contributed by atoms with E-state index in [2.05, 4.69) is 68.2 Å². The van der Waals surface area contributed by atoms with Crippen molar-refractivity contribution in [3.63, 3.8) is 0 Å². The highest BCUT2D eigenvalue weighted by Gasteiger charge is 2.14. The molecule has 0 saturated heterocycles. The fourth-order valence-corrected chi connectivity index (χ4v) is 10.1. The van der Waals surface area contributed by atoms with E-state index in [9.17, 15) is 10.2 Å². The predicted octanol–water partition coefficient (Wildman–Crippen LogP) is 9.16. The van der Waals surface area contributed by atoms with Crippen LogP contribution in [0.25, 0.3) is 0 Å². The molecule has 0 fully saturated rings. The van der Waals surface area contributed by atoms with E-state index in [1.54, 1.807) is 82.3 Å². The van der Waals surface area contributed by atoms with Crippen LogP contribution in [0.4, 0.5) is 0 Å². The summed E-state index contributed by atoms with van der Waals surface area (Å²) in [7, 11) is 0. The molecule has 0 amide bonds. The Morgan fingerprint density at radius 2 is 1.09 bits per heavy atom. The summed E-state index contributed by atoms with van der Waals surface area (Å²) in [6.07, 6.45) is 11.4. The van der Waals surface area contributed by atoms with Gasteiger partial charge in [-0.3, -0.25) is 0 Å². The first-order valence-electron chi connectivity index (χ1n) is 14.9. The third kappa shape index (κ3) is 13.4. The van der Waals surface area contributed by atoms with Gasteiger partial charge >= 0.3 is 0 Å². The molecule has 0 aliphatic rings. The van der Waals surface area contributed by atoms with Gasteiger partial charge in [-0.1, -0.05) is 6.07 Å². The van der Waals surface area contributed by atoms with Gasteiger partial charge in [0.15, 0.2) is 0 Å². The van der Waals surface area contributed by atoms with Gasteiger partial charge in [-0.2, -0.15) is 36.2 Å². The fraction of sp³-hybridized carbons (Fsp3) is 0.471. The number of thioether (sulfide) groups is 7. The van der Waals surface area contributed by atoms with Crippen molar-refractivity contribution in [1.82, 2.24) is 0 Å². The lowest BCUT2D eigenvalue weighted by Crippen LogP contribution is -2.21. The molecule has 0 aliphatic heterocycles. The van der Waals surface area contributed by atoms with E-state index in [1.165, 1.54) is 41.2 Å². The number of hydrogen-bond acceptors (Lipinski definition) is 12. The molecule has 3 aromatic rings. The molecule has 2 unspecified atom stereocenters. The molecule has 3 rings (SSSR count). The van der Waals surface area contributed by atoms with E-state index in [4.69, 9.17) is 9.47 Å². The quantitative estimate of drug-likeness (QED) is 0.0521. The number of rotatable bonds is 22. The molecule has 0 heterocycles. The molecule has 12 heteroatoms. The zero-order valence-electron chi connectivity index (χ0n) is 27.2. The van der Waals surface area contributed by atoms with Crippen LogP contribution in [0.15, 0.2) is 73.0 Å². The normalized spacial score (nSPS) is 12.7. The van der Waals surface area contributed by atoms with Gasteiger partial charge in [0.05, 0.1) is 12.2 Å². The van der Waals surface area contributed by atoms with Gasteiger partial charge in [-0.25, -0.2) is 0 Å². The van der Waals surface area contributed by atoms with Gasteiger partial charge < -0.3 is 19.7 Å². The molecule has 3 aromatic carbocycles. The van der Waals surface area contributed by atoms with E-state index in [1.807, 2.05) is 24.3 Å². The van der Waals surface area contributed by atoms with E-state index in [0.717, 1.165) is 30.1 Å². The van der Waals surface area contributed by atoms with Crippen LogP contribution in [-0.2, 0) is 18.6 Å². The van der Waals surface area contributed by atoms with Crippen LogP contribution in [-0.4, -0.2) is 89.9 Å². The van der Waals surface area contributed by atoms with Crippen LogP contribution in [0.2, 0.25) is 0 Å². The SMILES string of the molecule is CSc1cc(CS)c(CCSCC(O)COc2cccc(OCC(O)CSCCc3c(SC)cc(SC)cc3SC)c2)c(SC)c1. The summed E-state index contributed by atoms with van der Waals surface area (Å²) < 4.78 is 11.7. The average Bonchev–Trinajstić information content (AvgIpc) is 3.09. The van der Waals surface area contributed by atoms with E-state index in [-0.39, 0.29) is 13.2 Å². The highest BCUT2D eigenvalue weighted by molar-refractivity contribution is 8.00. The summed E-state index contributed by atoms with van der Waals surface area (Å²) in [5.74, 6) is 5.11. The first kappa shape index (κ1) is 40.4. The maximum Gasteiger partial charge on any atom is 0.123 e. The van der Waals surface area contributed by atoms with Gasteiger partial charge in [0.1, 0.15) is 24.7 Å². The summed E-state index contributed by atoms with van der Waals surface area (Å²) in [5.41, 5.74) is 4.06. The van der Waals surface area contributed by atoms with Crippen molar-refractivity contribution in [2.45, 2.75) is 55.3 Å². The summed E-state index contributed by atoms with van der Waals surface area (Å²) in [6.45, 7) is 0.435. The second kappa shape index (κ2) is 22.6. The lowest BCUT2D eigenvalue weighted by Gasteiger charge is -2.16. The Labute approximate surface area is 311 Å². The lowest BCUT2D eigenvalue weighted by atomic mass is 10.1. The number of aliphatic hydroxyl groups is 2. The Kier molecular flexibility index (Phi) is 19.9. The van der Waals surface area contributed by atoms with Crippen molar-refractivity contribution < 1.29 is 19.7 Å². The van der Waals surface area contributed by atoms with E-state index >= 15 is 0 Å². The molecule has 0 bridgehead atoms. The first-order chi connectivity index (χ1) is 22.3. The molecule has 254 valence electrons. The van der Waals surface area contributed by atoms with Crippen molar-refractivity contribution >= 4 is 95.0 Å². The summed E-state index contributed by atoms with van der Waals surface area (Å²) in [6, 6.07) is 16.5. The van der Waals surface area contributed by atoms with Crippen LogP contribution in [0.5, 0.6) is 11.5 Å². The first-order valence-corrected chi connectivity index (χ1v) is 23.9. The molecule has 2 N–H and O–H groups in total. The molecule has 2 atom stereocenters. The summed E-state index contributed by atoms with van der Waals surface area (Å²) in [5, 5.41) is 21.1. The monoisotopic (exact) mass is 774 g/mol. The topological polar surface area (TPSA) is 58.9 Å². The van der Waals surface area contributed by atoms with Gasteiger partial charge in [0.25, 0.3) is 0 Å². The fourth-order valence-electron chi connectivity index (χ4n) is 4.65. The summed E-state index contributed by atoms with van der Waals surface area (Å²) in [4.78, 5) is 6.58. The second-order valence-corrected chi connectivity index (χ2v) is 17.1. The maximum absolute atomic E-state index is 10.6. The van der Waals surface area contributed by atoms with Gasteiger partial charge in [-0.05, 0) is 109 Å². The third-order valence-corrected chi connectivity index (χ3v) is 13.4. The van der Waals surface area contributed by atoms with Gasteiger partial charge in [0.2, 0.25) is 0 Å². The van der Waals surface area contributed by atoms with Crippen molar-refractivity contribution in [2.75, 3.05) is 67.5 Å². The van der Waals surface area contributed by atoms with Crippen LogP contribution in [0.1, 0.15) is 16.7 Å². The molecule has 0 radical (unpaired) electrons. The smallest absolute Gasteiger partial charge is 0.123 e. The van der Waals surface area contributed by atoms with Gasteiger partial charge in [0, 0.05) is 47.8 Å². The number of thiol groups is 1. The zero-order valence-corrected chi connectivity index (χ0v) is 33.8. The molecular weight excluding hydrogens is 729 g/mol. The molecular formula is C34H46O4S8. The van der Waals surface area contributed by atoms with Crippen molar-refractivity contribution in [3.8, 4) is 11.5 Å². The Bertz CT molecular complexity index is 1200. The average molecular weight is 775 g/mol. The Balaban J connectivity index is 1.36. The second-order valence-electron chi connectivity index (χ2n) is 10.2. The zero-order chi connectivity index (χ0) is 33.3. The van der Waals surface area contributed by atoms with Crippen LogP contribution >= 0.6 is 95.0 Å². The van der Waals surface area contributed by atoms with Crippen molar-refractivity contribution in [2.24, 2.45) is 0 Å². The number of hydrogen-bond donors (Lipinski definition) is 3. The molecule has 46 heavy (non-hydrogen) atoms. The Morgan fingerprint density at radius 1 is 0.630 bits per heavy atom. The molecule has 4 nitrogen and oxygen atoms in total. The van der Waals surface area contributed by atoms with Crippen molar-refractivity contribution in [1.29, 1.82) is 0 Å². The number of ether oxygens (including phenoxy) is 2. The highest BCUT2D eigenvalue weighted by atomic mass is 32.2. The van der Waals surface area contributed by atoms with Gasteiger partial charge in [-0.15, -0.1) is 58.8 Å². The van der Waals surface area contributed by atoms with Crippen LogP contribution in [0, 0.1) is 0 Å². The predicted molar refractivity (Wildman–Crippen MR) is 216 cm³/mol. The van der Waals surface area contributed by atoms with Crippen LogP contribution in [0.3, 0.4) is 0 Å². The minimum atomic E-state index is -0.570. The lowest BCUT2D eigenvalue weighted by molar-refractivity contribution is 0.122. The third-order valence-electron chi connectivity index (χ3n) is 7.02. The molecule has 0 aliphatic carbocycles. The largest absolute Gasteiger partial charge is 0.491 e. The molecule has 0 spiro atoms. The standard InChI is InChI=1S/C34H46O4S8/c1-40-28-13-23(20-39)30(32(15-28)42-3)9-11-45-21-24(35)18-37-26-7-6-8-27(14-26)38-19-25(36)22-46-12-10-31-33(43-4)16-29(41-2)17-34(31)44-5/h6-8,13-17,24-25,35-36,39H,9-12,18-22H2,1-5H3. The highest BCUT2D eigenvalue weighted by Crippen LogP contribution is 2.35.